The molecule has 0 radical (unpaired) electrons. The molecular formula is C13H21Cl2N3O3S. The van der Waals surface area contributed by atoms with E-state index in [1.165, 1.54) is 22.8 Å². The first kappa shape index (κ1) is 19.6. The highest BCUT2D eigenvalue weighted by Crippen LogP contribution is 2.23. The summed E-state index contributed by atoms with van der Waals surface area (Å²) in [7, 11) is -3.52. The minimum Gasteiger partial charge on any atom is -0.378 e. The summed E-state index contributed by atoms with van der Waals surface area (Å²) in [6.45, 7) is 2.13. The standard InChI is InChI=1S/C13H20ClN3O3S.ClH/c14-11-8-13(10-16-9-11)21(18,19)17-5-2-12(3-6-17)20-7-1-4-15;/h8-10,12H,1-7,15H2;1H. The third-order valence-electron chi connectivity index (χ3n) is 3.42. The van der Waals surface area contributed by atoms with Gasteiger partial charge in [-0.2, -0.15) is 4.31 Å². The Hall–Kier alpha value is -0.440. The molecule has 9 heteroatoms. The topological polar surface area (TPSA) is 85.5 Å². The van der Waals surface area contributed by atoms with Crippen LogP contribution < -0.4 is 5.73 Å². The largest absolute Gasteiger partial charge is 0.378 e. The molecule has 0 spiro atoms. The highest BCUT2D eigenvalue weighted by Gasteiger charge is 2.30. The fourth-order valence-corrected chi connectivity index (χ4v) is 3.95. The van der Waals surface area contributed by atoms with Crippen molar-refractivity contribution in [2.24, 2.45) is 5.73 Å². The summed E-state index contributed by atoms with van der Waals surface area (Å²) in [6, 6.07) is 1.42. The van der Waals surface area contributed by atoms with Gasteiger partial charge in [0.15, 0.2) is 0 Å². The van der Waals surface area contributed by atoms with Crippen LogP contribution in [0, 0.1) is 0 Å². The van der Waals surface area contributed by atoms with Crippen LogP contribution in [-0.2, 0) is 14.8 Å². The molecule has 0 saturated carbocycles. The number of piperidine rings is 1. The molecule has 22 heavy (non-hydrogen) atoms. The summed E-state index contributed by atoms with van der Waals surface area (Å²) >= 11 is 5.81. The zero-order valence-electron chi connectivity index (χ0n) is 12.2. The highest BCUT2D eigenvalue weighted by atomic mass is 35.5. The molecule has 0 amide bonds. The number of pyridine rings is 1. The lowest BCUT2D eigenvalue weighted by Crippen LogP contribution is -2.41. The van der Waals surface area contributed by atoms with Crippen molar-refractivity contribution < 1.29 is 13.2 Å². The molecule has 126 valence electrons. The van der Waals surface area contributed by atoms with Crippen LogP contribution in [0.1, 0.15) is 19.3 Å². The number of ether oxygens (including phenoxy) is 1. The summed E-state index contributed by atoms with van der Waals surface area (Å²) in [6.07, 6.45) is 5.06. The molecule has 1 saturated heterocycles. The Morgan fingerprint density at radius 1 is 1.36 bits per heavy atom. The van der Waals surface area contributed by atoms with Gasteiger partial charge in [0.1, 0.15) is 4.90 Å². The normalized spacial score (nSPS) is 17.2. The van der Waals surface area contributed by atoms with Crippen LogP contribution in [0.25, 0.3) is 0 Å². The zero-order chi connectivity index (χ0) is 15.3. The van der Waals surface area contributed by atoms with Crippen molar-refractivity contribution in [2.75, 3.05) is 26.2 Å². The molecule has 2 N–H and O–H groups in total. The average molecular weight is 370 g/mol. The second-order valence-corrected chi connectivity index (χ2v) is 7.33. The van der Waals surface area contributed by atoms with Gasteiger partial charge in [-0.1, -0.05) is 11.6 Å². The van der Waals surface area contributed by atoms with Gasteiger partial charge in [0.05, 0.1) is 11.1 Å². The van der Waals surface area contributed by atoms with Gasteiger partial charge in [-0.15, -0.1) is 12.4 Å². The lowest BCUT2D eigenvalue weighted by Gasteiger charge is -2.31. The number of hydrogen-bond donors (Lipinski definition) is 1. The van der Waals surface area contributed by atoms with E-state index >= 15 is 0 Å². The lowest BCUT2D eigenvalue weighted by molar-refractivity contribution is 0.0209. The molecule has 0 aromatic carbocycles. The van der Waals surface area contributed by atoms with Crippen LogP contribution in [0.4, 0.5) is 0 Å². The van der Waals surface area contributed by atoms with Crippen molar-refractivity contribution in [1.29, 1.82) is 0 Å². The first-order chi connectivity index (χ1) is 10.0. The Labute approximate surface area is 142 Å². The highest BCUT2D eigenvalue weighted by molar-refractivity contribution is 7.89. The van der Waals surface area contributed by atoms with Gasteiger partial charge in [0, 0.05) is 32.1 Å². The van der Waals surface area contributed by atoms with Crippen molar-refractivity contribution in [1.82, 2.24) is 9.29 Å². The molecule has 6 nitrogen and oxygen atoms in total. The van der Waals surface area contributed by atoms with E-state index in [1.807, 2.05) is 0 Å². The number of hydrogen-bond acceptors (Lipinski definition) is 5. The van der Waals surface area contributed by atoms with E-state index in [2.05, 4.69) is 4.98 Å². The van der Waals surface area contributed by atoms with E-state index in [-0.39, 0.29) is 23.4 Å². The van der Waals surface area contributed by atoms with Gasteiger partial charge in [-0.05, 0) is 31.9 Å². The molecule has 2 rings (SSSR count). The molecule has 1 fully saturated rings. The summed E-state index contributed by atoms with van der Waals surface area (Å²) in [5.41, 5.74) is 5.42. The van der Waals surface area contributed by atoms with Crippen molar-refractivity contribution in [3.63, 3.8) is 0 Å². The predicted octanol–water partition coefficient (Wildman–Crippen LogP) is 1.68. The maximum absolute atomic E-state index is 12.5. The Kier molecular flexibility index (Phi) is 8.02. The van der Waals surface area contributed by atoms with Crippen molar-refractivity contribution >= 4 is 34.0 Å². The minimum atomic E-state index is -3.52. The van der Waals surface area contributed by atoms with E-state index in [9.17, 15) is 8.42 Å². The van der Waals surface area contributed by atoms with Gasteiger partial charge < -0.3 is 10.5 Å². The van der Waals surface area contributed by atoms with Gasteiger partial charge in [-0.3, -0.25) is 4.98 Å². The third-order valence-corrected chi connectivity index (χ3v) is 5.49. The molecule has 1 aliphatic heterocycles. The second kappa shape index (κ2) is 9.00. The van der Waals surface area contributed by atoms with Crippen LogP contribution in [-0.4, -0.2) is 50.1 Å². The van der Waals surface area contributed by atoms with E-state index in [0.29, 0.717) is 44.1 Å². The molecule has 1 aromatic heterocycles. The minimum absolute atomic E-state index is 0. The molecule has 0 aliphatic carbocycles. The summed E-state index contributed by atoms with van der Waals surface area (Å²) in [5, 5.41) is 0.316. The quantitative estimate of drug-likeness (QED) is 0.770. The predicted molar refractivity (Wildman–Crippen MR) is 87.9 cm³/mol. The maximum atomic E-state index is 12.5. The Bertz CT molecular complexity index is 563. The van der Waals surface area contributed by atoms with Gasteiger partial charge >= 0.3 is 0 Å². The molecular weight excluding hydrogens is 349 g/mol. The van der Waals surface area contributed by atoms with Crippen LogP contribution in [0.5, 0.6) is 0 Å². The SMILES string of the molecule is Cl.NCCCOC1CCN(S(=O)(=O)c2cncc(Cl)c2)CC1. The van der Waals surface area contributed by atoms with Gasteiger partial charge in [0.25, 0.3) is 0 Å². The van der Waals surface area contributed by atoms with Crippen LogP contribution in [0.3, 0.4) is 0 Å². The molecule has 0 atom stereocenters. The molecule has 1 aromatic rings. The number of nitrogens with zero attached hydrogens (tertiary/aromatic N) is 2. The maximum Gasteiger partial charge on any atom is 0.244 e. The third kappa shape index (κ3) is 5.04. The van der Waals surface area contributed by atoms with Crippen molar-refractivity contribution in [2.45, 2.75) is 30.3 Å². The average Bonchev–Trinajstić information content (AvgIpc) is 2.48. The van der Waals surface area contributed by atoms with E-state index in [0.717, 1.165) is 6.42 Å². The lowest BCUT2D eigenvalue weighted by atomic mass is 10.1. The number of nitrogens with two attached hydrogens (primary N) is 1. The van der Waals surface area contributed by atoms with Crippen LogP contribution in [0.2, 0.25) is 5.02 Å². The van der Waals surface area contributed by atoms with E-state index in [1.54, 1.807) is 0 Å². The molecule has 0 unspecified atom stereocenters. The summed E-state index contributed by atoms with van der Waals surface area (Å²) < 4.78 is 32.1. The molecule has 0 bridgehead atoms. The summed E-state index contributed by atoms with van der Waals surface area (Å²) in [5.74, 6) is 0. The smallest absolute Gasteiger partial charge is 0.244 e. The van der Waals surface area contributed by atoms with Gasteiger partial charge in [0.2, 0.25) is 10.0 Å². The zero-order valence-corrected chi connectivity index (χ0v) is 14.5. The Balaban J connectivity index is 0.00000242. The Morgan fingerprint density at radius 3 is 2.64 bits per heavy atom. The van der Waals surface area contributed by atoms with Crippen molar-refractivity contribution in [3.8, 4) is 0 Å². The van der Waals surface area contributed by atoms with Gasteiger partial charge in [-0.25, -0.2) is 8.42 Å². The number of aromatic nitrogens is 1. The monoisotopic (exact) mass is 369 g/mol. The van der Waals surface area contributed by atoms with Crippen LogP contribution >= 0.6 is 24.0 Å². The number of sulfonamides is 1. The first-order valence-electron chi connectivity index (χ1n) is 6.96. The molecule has 2 heterocycles. The molecule has 1 aliphatic rings. The Morgan fingerprint density at radius 2 is 2.05 bits per heavy atom. The summed E-state index contributed by atoms with van der Waals surface area (Å²) in [4.78, 5) is 3.97. The number of rotatable bonds is 6. The fourth-order valence-electron chi connectivity index (χ4n) is 2.25. The van der Waals surface area contributed by atoms with E-state index < -0.39 is 10.0 Å². The van der Waals surface area contributed by atoms with Crippen LogP contribution in [0.15, 0.2) is 23.4 Å². The first-order valence-corrected chi connectivity index (χ1v) is 8.78. The second-order valence-electron chi connectivity index (χ2n) is 4.96. The number of halogens is 2. The van der Waals surface area contributed by atoms with E-state index in [4.69, 9.17) is 22.1 Å². The fraction of sp³-hybridized carbons (Fsp3) is 0.615. The van der Waals surface area contributed by atoms with Crippen molar-refractivity contribution in [3.05, 3.63) is 23.5 Å².